The van der Waals surface area contributed by atoms with Crippen LogP contribution in [0.3, 0.4) is 0 Å². The monoisotopic (exact) mass is 251 g/mol. The molecule has 0 bridgehead atoms. The highest BCUT2D eigenvalue weighted by Gasteiger charge is 2.32. The molecule has 0 saturated carbocycles. The molecule has 0 spiro atoms. The van der Waals surface area contributed by atoms with E-state index in [2.05, 4.69) is 4.90 Å². The minimum absolute atomic E-state index is 0.0862. The predicted octanol–water partition coefficient (Wildman–Crippen LogP) is 1.64. The molecule has 0 aromatic heterocycles. The first-order valence-electron chi connectivity index (χ1n) is 6.34. The zero-order valence-corrected chi connectivity index (χ0v) is 11.8. The molecule has 3 heteroatoms. The van der Waals surface area contributed by atoms with Crippen molar-refractivity contribution in [3.8, 4) is 0 Å². The second kappa shape index (κ2) is 5.83. The van der Waals surface area contributed by atoms with E-state index in [0.29, 0.717) is 6.54 Å². The molecule has 2 N–H and O–H groups in total. The van der Waals surface area contributed by atoms with Crippen LogP contribution >= 0.6 is 0 Å². The Morgan fingerprint density at radius 3 is 2.00 bits per heavy atom. The fourth-order valence-electron chi connectivity index (χ4n) is 1.93. The van der Waals surface area contributed by atoms with Gasteiger partial charge in [-0.15, -0.1) is 0 Å². The van der Waals surface area contributed by atoms with Crippen molar-refractivity contribution in [1.29, 1.82) is 0 Å². The number of aliphatic hydroxyl groups excluding tert-OH is 2. The van der Waals surface area contributed by atoms with Crippen LogP contribution in [0, 0.1) is 0 Å². The third kappa shape index (κ3) is 3.31. The summed E-state index contributed by atoms with van der Waals surface area (Å²) in [4.78, 5) is 2.09. The molecular formula is C15H25NO2. The van der Waals surface area contributed by atoms with Gasteiger partial charge in [0.05, 0.1) is 13.2 Å². The van der Waals surface area contributed by atoms with Crippen LogP contribution in [0.1, 0.15) is 26.3 Å². The molecule has 1 unspecified atom stereocenters. The largest absolute Gasteiger partial charge is 0.395 e. The highest BCUT2D eigenvalue weighted by Crippen LogP contribution is 2.26. The van der Waals surface area contributed by atoms with Crippen LogP contribution in [0.25, 0.3) is 0 Å². The lowest BCUT2D eigenvalue weighted by molar-refractivity contribution is 0.0490. The number of benzene rings is 1. The van der Waals surface area contributed by atoms with Gasteiger partial charge in [-0.3, -0.25) is 4.90 Å². The van der Waals surface area contributed by atoms with Crippen LogP contribution in [0.2, 0.25) is 0 Å². The van der Waals surface area contributed by atoms with Gasteiger partial charge in [0.2, 0.25) is 0 Å². The Labute approximate surface area is 110 Å². The van der Waals surface area contributed by atoms with E-state index in [1.807, 2.05) is 58.2 Å². The Morgan fingerprint density at radius 2 is 1.56 bits per heavy atom. The van der Waals surface area contributed by atoms with Gasteiger partial charge in [-0.1, -0.05) is 37.3 Å². The quantitative estimate of drug-likeness (QED) is 0.808. The Bertz CT molecular complexity index is 364. The third-order valence-corrected chi connectivity index (χ3v) is 3.83. The van der Waals surface area contributed by atoms with E-state index < -0.39 is 0 Å². The lowest BCUT2D eigenvalue weighted by atomic mass is 9.82. The number of nitrogens with zero attached hydrogens (tertiary/aromatic N) is 1. The van der Waals surface area contributed by atoms with Crippen LogP contribution in [0.4, 0.5) is 0 Å². The molecule has 102 valence electrons. The Hall–Kier alpha value is -0.900. The van der Waals surface area contributed by atoms with Crippen LogP contribution < -0.4 is 0 Å². The average Bonchev–Trinajstić information content (AvgIpc) is 2.39. The molecular weight excluding hydrogens is 226 g/mol. The molecule has 1 aromatic carbocycles. The Morgan fingerprint density at radius 1 is 1.00 bits per heavy atom. The summed E-state index contributed by atoms with van der Waals surface area (Å²) in [7, 11) is 1.98. The fourth-order valence-corrected chi connectivity index (χ4v) is 1.93. The van der Waals surface area contributed by atoms with Crippen molar-refractivity contribution in [2.24, 2.45) is 0 Å². The minimum atomic E-state index is -0.317. The minimum Gasteiger partial charge on any atom is -0.395 e. The molecule has 18 heavy (non-hydrogen) atoms. The molecule has 0 aliphatic heterocycles. The van der Waals surface area contributed by atoms with Crippen molar-refractivity contribution >= 4 is 0 Å². The fraction of sp³-hybridized carbons (Fsp3) is 0.600. The number of hydrogen-bond acceptors (Lipinski definition) is 3. The summed E-state index contributed by atoms with van der Waals surface area (Å²) in [6, 6.07) is 10.0. The number of rotatable bonds is 6. The molecule has 0 aliphatic carbocycles. The van der Waals surface area contributed by atoms with Gasteiger partial charge in [-0.25, -0.2) is 0 Å². The van der Waals surface area contributed by atoms with Crippen molar-refractivity contribution in [1.82, 2.24) is 4.90 Å². The van der Waals surface area contributed by atoms with E-state index in [1.165, 1.54) is 0 Å². The van der Waals surface area contributed by atoms with Crippen LogP contribution in [0.5, 0.6) is 0 Å². The molecule has 3 nitrogen and oxygen atoms in total. The highest BCUT2D eigenvalue weighted by molar-refractivity contribution is 5.25. The van der Waals surface area contributed by atoms with E-state index in [1.54, 1.807) is 0 Å². The first-order valence-corrected chi connectivity index (χ1v) is 6.34. The van der Waals surface area contributed by atoms with Gasteiger partial charge in [-0.05, 0) is 26.5 Å². The molecule has 1 rings (SSSR count). The summed E-state index contributed by atoms with van der Waals surface area (Å²) < 4.78 is 0. The van der Waals surface area contributed by atoms with Crippen LogP contribution in [-0.4, -0.2) is 47.5 Å². The number of hydrogen-bond donors (Lipinski definition) is 2. The van der Waals surface area contributed by atoms with Gasteiger partial charge in [0.1, 0.15) is 0 Å². The normalized spacial score (nSPS) is 15.7. The molecule has 0 aliphatic rings. The Balaban J connectivity index is 2.91. The molecule has 0 amide bonds. The second-order valence-electron chi connectivity index (χ2n) is 5.91. The second-order valence-corrected chi connectivity index (χ2v) is 5.91. The summed E-state index contributed by atoms with van der Waals surface area (Å²) in [5.41, 5.74) is 0.515. The molecule has 0 fully saturated rings. The summed E-state index contributed by atoms with van der Waals surface area (Å²) in [6.45, 7) is 6.92. The topological polar surface area (TPSA) is 43.7 Å². The van der Waals surface area contributed by atoms with E-state index in [4.69, 9.17) is 0 Å². The molecule has 0 radical (unpaired) electrons. The Kier molecular flexibility index (Phi) is 4.91. The van der Waals surface area contributed by atoms with Gasteiger partial charge in [0, 0.05) is 17.5 Å². The van der Waals surface area contributed by atoms with Crippen molar-refractivity contribution in [2.45, 2.75) is 31.7 Å². The molecule has 0 saturated heterocycles. The van der Waals surface area contributed by atoms with Gasteiger partial charge in [0.25, 0.3) is 0 Å². The molecule has 0 heterocycles. The van der Waals surface area contributed by atoms with Crippen molar-refractivity contribution < 1.29 is 10.2 Å². The van der Waals surface area contributed by atoms with E-state index in [9.17, 15) is 10.2 Å². The first-order chi connectivity index (χ1) is 8.35. The van der Waals surface area contributed by atoms with Gasteiger partial charge in [-0.2, -0.15) is 0 Å². The maximum atomic E-state index is 9.74. The van der Waals surface area contributed by atoms with E-state index in [-0.39, 0.29) is 24.2 Å². The van der Waals surface area contributed by atoms with Crippen LogP contribution in [0.15, 0.2) is 30.3 Å². The molecule has 1 atom stereocenters. The summed E-state index contributed by atoms with van der Waals surface area (Å²) >= 11 is 0. The summed E-state index contributed by atoms with van der Waals surface area (Å²) in [5, 5.41) is 19.1. The summed E-state index contributed by atoms with van der Waals surface area (Å²) in [5.74, 6) is 0. The predicted molar refractivity (Wildman–Crippen MR) is 74.7 cm³/mol. The first kappa shape index (κ1) is 15.2. The maximum Gasteiger partial charge on any atom is 0.0609 e. The van der Waals surface area contributed by atoms with E-state index >= 15 is 0 Å². The standard InChI is InChI=1S/C15H25NO2/c1-14(2,11-17)16(4)10-15(3,12-18)13-8-6-5-7-9-13/h5-9,17-18H,10-12H2,1-4H3. The average molecular weight is 251 g/mol. The van der Waals surface area contributed by atoms with Crippen molar-refractivity contribution in [3.05, 3.63) is 35.9 Å². The number of likely N-dealkylation sites (N-methyl/N-ethyl adjacent to an activating group) is 1. The van der Waals surface area contributed by atoms with Crippen LogP contribution in [-0.2, 0) is 5.41 Å². The van der Waals surface area contributed by atoms with Crippen molar-refractivity contribution in [3.63, 3.8) is 0 Å². The van der Waals surface area contributed by atoms with Gasteiger partial charge < -0.3 is 10.2 Å². The zero-order chi connectivity index (χ0) is 13.8. The number of aliphatic hydroxyl groups is 2. The van der Waals surface area contributed by atoms with Gasteiger partial charge >= 0.3 is 0 Å². The lowest BCUT2D eigenvalue weighted by Gasteiger charge is -2.40. The smallest absolute Gasteiger partial charge is 0.0609 e. The van der Waals surface area contributed by atoms with E-state index in [0.717, 1.165) is 5.56 Å². The third-order valence-electron chi connectivity index (χ3n) is 3.83. The summed E-state index contributed by atoms with van der Waals surface area (Å²) in [6.07, 6.45) is 0. The SMILES string of the molecule is CN(CC(C)(CO)c1ccccc1)C(C)(C)CO. The highest BCUT2D eigenvalue weighted by atomic mass is 16.3. The van der Waals surface area contributed by atoms with Gasteiger partial charge in [0.15, 0.2) is 0 Å². The zero-order valence-electron chi connectivity index (χ0n) is 11.8. The maximum absolute atomic E-state index is 9.74. The lowest BCUT2D eigenvalue weighted by Crippen LogP contribution is -2.51. The van der Waals surface area contributed by atoms with Crippen molar-refractivity contribution in [2.75, 3.05) is 26.8 Å². The molecule has 1 aromatic rings.